The average molecular weight is 258 g/mol. The zero-order valence-corrected chi connectivity index (χ0v) is 11.8. The third kappa shape index (κ3) is 4.92. The maximum Gasteiger partial charge on any atom is 0.317 e. The molecule has 0 aromatic heterocycles. The number of likely N-dealkylation sites (N-methyl/N-ethyl adjacent to an activating group) is 1. The smallest absolute Gasteiger partial charge is 0.317 e. The summed E-state index contributed by atoms with van der Waals surface area (Å²) in [7, 11) is 5.75. The highest BCUT2D eigenvalue weighted by molar-refractivity contribution is 5.69. The molecule has 1 N–H and O–H groups in total. The highest BCUT2D eigenvalue weighted by Crippen LogP contribution is 2.25. The van der Waals surface area contributed by atoms with Crippen molar-refractivity contribution in [2.24, 2.45) is 0 Å². The number of carbonyl (C=O) groups is 1. The predicted octanol–water partition coefficient (Wildman–Crippen LogP) is 0.892. The maximum absolute atomic E-state index is 11.0. The van der Waals surface area contributed by atoms with Gasteiger partial charge in [0.1, 0.15) is 0 Å². The largest absolute Gasteiger partial charge is 0.480 e. The van der Waals surface area contributed by atoms with Crippen LogP contribution in [0.4, 0.5) is 0 Å². The van der Waals surface area contributed by atoms with Crippen molar-refractivity contribution in [3.63, 3.8) is 0 Å². The van der Waals surface area contributed by atoms with Crippen LogP contribution in [0.15, 0.2) is 0 Å². The van der Waals surface area contributed by atoms with Gasteiger partial charge in [0.05, 0.1) is 12.6 Å². The first-order valence-corrected chi connectivity index (χ1v) is 6.68. The number of nitrogens with zero attached hydrogens (tertiary/aromatic N) is 2. The summed E-state index contributed by atoms with van der Waals surface area (Å²) in [4.78, 5) is 15.1. The molecular weight excluding hydrogens is 232 g/mol. The summed E-state index contributed by atoms with van der Waals surface area (Å²) in [5, 5.41) is 9.04. The van der Waals surface area contributed by atoms with E-state index in [1.807, 2.05) is 14.1 Å². The Labute approximate surface area is 110 Å². The Morgan fingerprint density at radius 3 is 2.50 bits per heavy atom. The lowest BCUT2D eigenvalue weighted by Crippen LogP contribution is -2.50. The fraction of sp³-hybridized carbons (Fsp3) is 0.923. The lowest BCUT2D eigenvalue weighted by atomic mass is 9.91. The first kappa shape index (κ1) is 15.4. The molecule has 1 rings (SSSR count). The van der Waals surface area contributed by atoms with E-state index in [1.165, 1.54) is 12.8 Å². The van der Waals surface area contributed by atoms with Gasteiger partial charge in [-0.1, -0.05) is 12.8 Å². The summed E-state index contributed by atoms with van der Waals surface area (Å²) >= 11 is 0. The minimum absolute atomic E-state index is 0.109. The van der Waals surface area contributed by atoms with Gasteiger partial charge in [0, 0.05) is 26.2 Å². The fourth-order valence-corrected chi connectivity index (χ4v) is 2.63. The van der Waals surface area contributed by atoms with Gasteiger partial charge in [-0.3, -0.25) is 9.69 Å². The third-order valence-electron chi connectivity index (χ3n) is 3.61. The molecule has 1 aliphatic carbocycles. The minimum Gasteiger partial charge on any atom is -0.480 e. The molecule has 0 aromatic rings. The van der Waals surface area contributed by atoms with Crippen LogP contribution in [0.1, 0.15) is 25.7 Å². The lowest BCUT2D eigenvalue weighted by Gasteiger charge is -2.38. The number of carboxylic acid groups (broad SMARTS) is 1. The highest BCUT2D eigenvalue weighted by atomic mass is 16.5. The van der Waals surface area contributed by atoms with Gasteiger partial charge in [0.2, 0.25) is 0 Å². The average Bonchev–Trinajstić information content (AvgIpc) is 2.33. The second kappa shape index (κ2) is 7.71. The summed E-state index contributed by atoms with van der Waals surface area (Å²) in [6, 6.07) is 0.250. The molecule has 1 aliphatic rings. The van der Waals surface area contributed by atoms with Gasteiger partial charge in [-0.25, -0.2) is 0 Å². The van der Waals surface area contributed by atoms with Crippen molar-refractivity contribution in [1.29, 1.82) is 0 Å². The van der Waals surface area contributed by atoms with Crippen LogP contribution < -0.4 is 0 Å². The molecule has 0 heterocycles. The van der Waals surface area contributed by atoms with E-state index in [1.54, 1.807) is 7.11 Å². The second-order valence-electron chi connectivity index (χ2n) is 5.29. The van der Waals surface area contributed by atoms with Crippen molar-refractivity contribution in [3.05, 3.63) is 0 Å². The number of methoxy groups -OCH3 is 1. The molecule has 1 saturated carbocycles. The summed E-state index contributed by atoms with van der Waals surface area (Å²) < 4.78 is 5.52. The van der Waals surface area contributed by atoms with E-state index in [-0.39, 0.29) is 18.7 Å². The summed E-state index contributed by atoms with van der Waals surface area (Å²) in [6.45, 7) is 1.77. The Kier molecular flexibility index (Phi) is 6.60. The number of hydrogen-bond donors (Lipinski definition) is 1. The first-order chi connectivity index (χ1) is 8.54. The molecule has 1 fully saturated rings. The van der Waals surface area contributed by atoms with Crippen LogP contribution in [0.2, 0.25) is 0 Å². The number of carboxylic acids is 1. The van der Waals surface area contributed by atoms with Crippen molar-refractivity contribution in [1.82, 2.24) is 9.80 Å². The van der Waals surface area contributed by atoms with Gasteiger partial charge >= 0.3 is 5.97 Å². The Balaban J connectivity index is 2.63. The Bertz CT molecular complexity index is 259. The van der Waals surface area contributed by atoms with Gasteiger partial charge in [-0.2, -0.15) is 0 Å². The highest BCUT2D eigenvalue weighted by Gasteiger charge is 2.30. The molecule has 2 unspecified atom stereocenters. The number of ether oxygens (including phenoxy) is 1. The Morgan fingerprint density at radius 1 is 1.28 bits per heavy atom. The molecule has 0 bridgehead atoms. The topological polar surface area (TPSA) is 53.0 Å². The monoisotopic (exact) mass is 258 g/mol. The van der Waals surface area contributed by atoms with E-state index in [0.29, 0.717) is 0 Å². The Hall–Kier alpha value is -0.650. The molecule has 106 valence electrons. The quantitative estimate of drug-likeness (QED) is 0.735. The fourth-order valence-electron chi connectivity index (χ4n) is 2.63. The summed E-state index contributed by atoms with van der Waals surface area (Å²) in [5.74, 6) is -0.755. The van der Waals surface area contributed by atoms with Crippen LogP contribution in [0.25, 0.3) is 0 Å². The van der Waals surface area contributed by atoms with Crippen molar-refractivity contribution in [2.45, 2.75) is 37.8 Å². The summed E-state index contributed by atoms with van der Waals surface area (Å²) in [6.07, 6.45) is 4.62. The van der Waals surface area contributed by atoms with E-state index >= 15 is 0 Å². The van der Waals surface area contributed by atoms with Crippen molar-refractivity contribution in [3.8, 4) is 0 Å². The first-order valence-electron chi connectivity index (χ1n) is 6.68. The molecule has 5 nitrogen and oxygen atoms in total. The van der Waals surface area contributed by atoms with Gasteiger partial charge < -0.3 is 14.7 Å². The predicted molar refractivity (Wildman–Crippen MR) is 70.8 cm³/mol. The second-order valence-corrected chi connectivity index (χ2v) is 5.29. The molecule has 0 radical (unpaired) electrons. The normalized spacial score (nSPS) is 24.7. The van der Waals surface area contributed by atoms with Crippen LogP contribution in [0.3, 0.4) is 0 Å². The van der Waals surface area contributed by atoms with E-state index in [9.17, 15) is 4.79 Å². The zero-order valence-electron chi connectivity index (χ0n) is 11.8. The maximum atomic E-state index is 11.0. The zero-order chi connectivity index (χ0) is 13.5. The molecular formula is C13H26N2O3. The summed E-state index contributed by atoms with van der Waals surface area (Å²) in [5.41, 5.74) is 0. The molecule has 0 amide bonds. The standard InChI is InChI=1S/C13H26N2O3/c1-14(2)8-9-15(10-13(16)17)11-6-4-5-7-12(11)18-3/h11-12H,4-10H2,1-3H3,(H,16,17). The van der Waals surface area contributed by atoms with Crippen molar-refractivity contribution >= 4 is 5.97 Å². The van der Waals surface area contributed by atoms with E-state index < -0.39 is 5.97 Å². The van der Waals surface area contributed by atoms with Crippen molar-refractivity contribution < 1.29 is 14.6 Å². The molecule has 0 aliphatic heterocycles. The number of rotatable bonds is 7. The third-order valence-corrected chi connectivity index (χ3v) is 3.61. The van der Waals surface area contributed by atoms with Crippen LogP contribution >= 0.6 is 0 Å². The molecule has 5 heteroatoms. The van der Waals surface area contributed by atoms with E-state index in [2.05, 4.69) is 9.80 Å². The van der Waals surface area contributed by atoms with Crippen LogP contribution in [0.5, 0.6) is 0 Å². The minimum atomic E-state index is -0.755. The van der Waals surface area contributed by atoms with Crippen LogP contribution in [-0.4, -0.2) is 73.9 Å². The van der Waals surface area contributed by atoms with E-state index in [0.717, 1.165) is 25.9 Å². The van der Waals surface area contributed by atoms with E-state index in [4.69, 9.17) is 9.84 Å². The number of aliphatic carboxylic acids is 1. The van der Waals surface area contributed by atoms with Crippen molar-refractivity contribution in [2.75, 3.05) is 40.8 Å². The lowest BCUT2D eigenvalue weighted by molar-refractivity contribution is -0.140. The van der Waals surface area contributed by atoms with Gasteiger partial charge in [-0.15, -0.1) is 0 Å². The van der Waals surface area contributed by atoms with Gasteiger partial charge in [0.15, 0.2) is 0 Å². The van der Waals surface area contributed by atoms with Gasteiger partial charge in [-0.05, 0) is 26.9 Å². The van der Waals surface area contributed by atoms with Crippen LogP contribution in [-0.2, 0) is 9.53 Å². The SMILES string of the molecule is COC1CCCCC1N(CCN(C)C)CC(=O)O. The molecule has 0 spiro atoms. The number of hydrogen-bond acceptors (Lipinski definition) is 4. The van der Waals surface area contributed by atoms with Gasteiger partial charge in [0.25, 0.3) is 0 Å². The Morgan fingerprint density at radius 2 is 1.94 bits per heavy atom. The van der Waals surface area contributed by atoms with Crippen LogP contribution in [0, 0.1) is 0 Å². The molecule has 0 saturated heterocycles. The molecule has 2 atom stereocenters. The molecule has 18 heavy (non-hydrogen) atoms. The molecule has 0 aromatic carbocycles.